The lowest BCUT2D eigenvalue weighted by Crippen LogP contribution is -1.99. The van der Waals surface area contributed by atoms with Crippen molar-refractivity contribution < 1.29 is 0 Å². The number of nitrogens with one attached hydrogen (secondary N) is 1. The maximum atomic E-state index is 3.13. The molecule has 0 fully saturated rings. The minimum absolute atomic E-state index is 1.18. The van der Waals surface area contributed by atoms with E-state index in [0.29, 0.717) is 0 Å². The Bertz CT molecular complexity index is 182. The van der Waals surface area contributed by atoms with Crippen LogP contribution in [0.5, 0.6) is 0 Å². The van der Waals surface area contributed by atoms with Crippen LogP contribution in [0.2, 0.25) is 0 Å². The second kappa shape index (κ2) is 2.53. The molecule has 0 spiro atoms. The molecule has 0 aromatic heterocycles. The molecule has 1 nitrogen and oxygen atoms in total. The highest BCUT2D eigenvalue weighted by Crippen LogP contribution is 1.99. The first kappa shape index (κ1) is 6.14. The van der Waals surface area contributed by atoms with Gasteiger partial charge in [0.15, 0.2) is 0 Å². The van der Waals surface area contributed by atoms with Crippen molar-refractivity contribution >= 4 is 0 Å². The Labute approximate surface area is 55.8 Å². The van der Waals surface area contributed by atoms with E-state index in [0.717, 1.165) is 0 Å². The van der Waals surface area contributed by atoms with Gasteiger partial charge in [-0.3, -0.25) is 0 Å². The van der Waals surface area contributed by atoms with Crippen molar-refractivity contribution in [2.75, 3.05) is 0 Å². The molecule has 0 amide bonds. The Balaban J connectivity index is 2.75. The molecule has 48 valence electrons. The van der Waals surface area contributed by atoms with E-state index in [2.05, 4.69) is 18.3 Å². The molecule has 1 rings (SSSR count). The Morgan fingerprint density at radius 1 is 1.33 bits per heavy atom. The quantitative estimate of drug-likeness (QED) is 0.516. The predicted octanol–water partition coefficient (Wildman–Crippen LogP) is 1.95. The van der Waals surface area contributed by atoms with Crippen molar-refractivity contribution in [1.82, 2.24) is 5.32 Å². The summed E-state index contributed by atoms with van der Waals surface area (Å²) in [6.45, 7) is 4.11. The molecule has 0 bridgehead atoms. The van der Waals surface area contributed by atoms with E-state index in [-0.39, 0.29) is 0 Å². The molecule has 1 heterocycles. The summed E-state index contributed by atoms with van der Waals surface area (Å²) in [4.78, 5) is 0. The summed E-state index contributed by atoms with van der Waals surface area (Å²) in [6, 6.07) is 0. The van der Waals surface area contributed by atoms with E-state index in [4.69, 9.17) is 0 Å². The molecule has 1 aliphatic heterocycles. The van der Waals surface area contributed by atoms with Crippen molar-refractivity contribution in [2.24, 2.45) is 0 Å². The molecule has 9 heavy (non-hydrogen) atoms. The lowest BCUT2D eigenvalue weighted by atomic mass is 10.3. The molecule has 0 aliphatic carbocycles. The number of allylic oxidation sites excluding steroid dienone is 5. The van der Waals surface area contributed by atoms with Crippen LogP contribution in [0.3, 0.4) is 0 Å². The number of hydrogen-bond acceptors (Lipinski definition) is 1. The Morgan fingerprint density at radius 3 is 2.89 bits per heavy atom. The van der Waals surface area contributed by atoms with Gasteiger partial charge in [-0.05, 0) is 25.5 Å². The van der Waals surface area contributed by atoms with Gasteiger partial charge in [-0.2, -0.15) is 0 Å². The third-order valence-corrected chi connectivity index (χ3v) is 1.23. The molecular formula is C8H11N. The van der Waals surface area contributed by atoms with Crippen molar-refractivity contribution in [2.45, 2.75) is 13.8 Å². The Kier molecular flexibility index (Phi) is 1.73. The van der Waals surface area contributed by atoms with Crippen LogP contribution >= 0.6 is 0 Å². The largest absolute Gasteiger partial charge is 0.365 e. The zero-order valence-corrected chi connectivity index (χ0v) is 5.81. The molecule has 0 saturated carbocycles. The summed E-state index contributed by atoms with van der Waals surface area (Å²) in [5.41, 5.74) is 2.44. The van der Waals surface area contributed by atoms with Gasteiger partial charge in [-0.1, -0.05) is 12.2 Å². The summed E-state index contributed by atoms with van der Waals surface area (Å²) >= 11 is 0. The summed E-state index contributed by atoms with van der Waals surface area (Å²) in [7, 11) is 0. The van der Waals surface area contributed by atoms with E-state index in [1.54, 1.807) is 0 Å². The normalized spacial score (nSPS) is 17.6. The van der Waals surface area contributed by atoms with Crippen molar-refractivity contribution in [3.05, 3.63) is 35.7 Å². The van der Waals surface area contributed by atoms with E-state index in [1.165, 1.54) is 11.3 Å². The zero-order valence-electron chi connectivity index (χ0n) is 5.81. The maximum Gasteiger partial charge on any atom is 0.0115 e. The standard InChI is InChI=1S/C8H11N/c1-7-4-3-5-8(2)9-6-7/h3-6,9H,1-2H3. The van der Waals surface area contributed by atoms with Crippen LogP contribution in [0.1, 0.15) is 13.8 Å². The van der Waals surface area contributed by atoms with Crippen molar-refractivity contribution in [3.63, 3.8) is 0 Å². The van der Waals surface area contributed by atoms with Gasteiger partial charge in [-0.15, -0.1) is 0 Å². The third-order valence-electron chi connectivity index (χ3n) is 1.23. The first-order chi connectivity index (χ1) is 4.29. The molecule has 0 unspecified atom stereocenters. The third kappa shape index (κ3) is 1.76. The van der Waals surface area contributed by atoms with Gasteiger partial charge in [0.2, 0.25) is 0 Å². The fourth-order valence-electron chi connectivity index (χ4n) is 0.668. The molecule has 0 atom stereocenters. The average molecular weight is 121 g/mol. The molecule has 1 aliphatic rings. The average Bonchev–Trinajstić information content (AvgIpc) is 1.97. The van der Waals surface area contributed by atoms with E-state index in [1.807, 2.05) is 25.3 Å². The van der Waals surface area contributed by atoms with Crippen LogP contribution < -0.4 is 5.32 Å². The van der Waals surface area contributed by atoms with Gasteiger partial charge >= 0.3 is 0 Å². The molecule has 1 N–H and O–H groups in total. The molecule has 0 radical (unpaired) electrons. The van der Waals surface area contributed by atoms with Crippen LogP contribution in [0.25, 0.3) is 0 Å². The van der Waals surface area contributed by atoms with Crippen LogP contribution in [0.4, 0.5) is 0 Å². The fourth-order valence-corrected chi connectivity index (χ4v) is 0.668. The van der Waals surface area contributed by atoms with Crippen molar-refractivity contribution in [3.8, 4) is 0 Å². The Morgan fingerprint density at radius 2 is 2.11 bits per heavy atom. The number of hydrogen-bond donors (Lipinski definition) is 1. The topological polar surface area (TPSA) is 12.0 Å². The second-order valence-electron chi connectivity index (χ2n) is 2.24. The molecule has 0 aromatic rings. The molecular weight excluding hydrogens is 110 g/mol. The minimum Gasteiger partial charge on any atom is -0.365 e. The van der Waals surface area contributed by atoms with E-state index >= 15 is 0 Å². The lowest BCUT2D eigenvalue weighted by molar-refractivity contribution is 1.05. The zero-order chi connectivity index (χ0) is 6.69. The fraction of sp³-hybridized carbons (Fsp3) is 0.250. The SMILES string of the molecule is CC1=CNC(C)=CC=C1. The highest BCUT2D eigenvalue weighted by Gasteiger charge is 1.86. The molecule has 0 aromatic carbocycles. The highest BCUT2D eigenvalue weighted by molar-refractivity contribution is 5.25. The van der Waals surface area contributed by atoms with Gasteiger partial charge < -0.3 is 5.32 Å². The van der Waals surface area contributed by atoms with Crippen LogP contribution in [-0.2, 0) is 0 Å². The van der Waals surface area contributed by atoms with Gasteiger partial charge in [0.25, 0.3) is 0 Å². The van der Waals surface area contributed by atoms with E-state index < -0.39 is 0 Å². The smallest absolute Gasteiger partial charge is 0.0115 e. The predicted molar refractivity (Wildman–Crippen MR) is 39.8 cm³/mol. The summed E-state index contributed by atoms with van der Waals surface area (Å²) < 4.78 is 0. The molecule has 0 saturated heterocycles. The van der Waals surface area contributed by atoms with Crippen LogP contribution in [0.15, 0.2) is 35.7 Å². The maximum absolute atomic E-state index is 3.13. The van der Waals surface area contributed by atoms with Gasteiger partial charge in [0.05, 0.1) is 0 Å². The summed E-state index contributed by atoms with van der Waals surface area (Å²) in [5.74, 6) is 0. The van der Waals surface area contributed by atoms with Crippen molar-refractivity contribution in [1.29, 1.82) is 0 Å². The first-order valence-corrected chi connectivity index (χ1v) is 3.07. The monoisotopic (exact) mass is 121 g/mol. The van der Waals surface area contributed by atoms with Gasteiger partial charge in [-0.25, -0.2) is 0 Å². The van der Waals surface area contributed by atoms with E-state index in [9.17, 15) is 0 Å². The van der Waals surface area contributed by atoms with Gasteiger partial charge in [0.1, 0.15) is 0 Å². The van der Waals surface area contributed by atoms with Gasteiger partial charge in [0, 0.05) is 11.9 Å². The summed E-state index contributed by atoms with van der Waals surface area (Å²) in [6.07, 6.45) is 8.16. The lowest BCUT2D eigenvalue weighted by Gasteiger charge is -1.95. The minimum atomic E-state index is 1.18. The van der Waals surface area contributed by atoms with Crippen LogP contribution in [0, 0.1) is 0 Å². The summed E-state index contributed by atoms with van der Waals surface area (Å²) in [5, 5.41) is 3.13. The second-order valence-corrected chi connectivity index (χ2v) is 2.24. The first-order valence-electron chi connectivity index (χ1n) is 3.07. The highest BCUT2D eigenvalue weighted by atomic mass is 14.8. The molecule has 1 heteroatoms. The Hall–Kier alpha value is -0.980. The number of rotatable bonds is 0. The van der Waals surface area contributed by atoms with Crippen LogP contribution in [-0.4, -0.2) is 0 Å².